The van der Waals surface area contributed by atoms with Gasteiger partial charge in [0.05, 0.1) is 18.3 Å². The van der Waals surface area contributed by atoms with E-state index in [9.17, 15) is 4.79 Å². The number of ether oxygens (including phenoxy) is 1. The van der Waals surface area contributed by atoms with Crippen molar-refractivity contribution in [2.45, 2.75) is 78.5 Å². The van der Waals surface area contributed by atoms with Gasteiger partial charge in [0.15, 0.2) is 0 Å². The first-order valence-corrected chi connectivity index (χ1v) is 10.0. The topological polar surface area (TPSA) is 83.0 Å². The fourth-order valence-corrected chi connectivity index (χ4v) is 3.09. The zero-order valence-electron chi connectivity index (χ0n) is 18.3. The second-order valence-corrected chi connectivity index (χ2v) is 9.16. The lowest BCUT2D eigenvalue weighted by Gasteiger charge is -2.35. The highest BCUT2D eigenvalue weighted by Gasteiger charge is 2.44. The molecule has 29 heavy (non-hydrogen) atoms. The number of rotatable bonds is 8. The first-order valence-electron chi connectivity index (χ1n) is 10.0. The molecule has 0 bridgehead atoms. The van der Waals surface area contributed by atoms with Crippen LogP contribution >= 0.6 is 0 Å². The van der Waals surface area contributed by atoms with Crippen LogP contribution in [0.2, 0.25) is 0 Å². The number of aromatic nitrogens is 3. The normalized spacial score (nSPS) is 18.0. The van der Waals surface area contributed by atoms with Crippen LogP contribution in [0.15, 0.2) is 36.3 Å². The van der Waals surface area contributed by atoms with Crippen LogP contribution in [0.25, 0.3) is 5.57 Å². The molecule has 0 radical (unpaired) electrons. The Morgan fingerprint density at radius 1 is 1.45 bits per heavy atom. The van der Waals surface area contributed by atoms with Crippen molar-refractivity contribution in [3.8, 4) is 0 Å². The van der Waals surface area contributed by atoms with Gasteiger partial charge in [0.2, 0.25) is 0 Å². The first-order chi connectivity index (χ1) is 13.4. The number of hydrogen-bond acceptors (Lipinski definition) is 5. The highest BCUT2D eigenvalue weighted by atomic mass is 19.1. The summed E-state index contributed by atoms with van der Waals surface area (Å²) in [6.07, 6.45) is 6.58. The summed E-state index contributed by atoms with van der Waals surface area (Å²) < 4.78 is 20.6. The smallest absolute Gasteiger partial charge is 0.331 e. The van der Waals surface area contributed by atoms with Gasteiger partial charge in [0, 0.05) is 11.1 Å². The number of carbonyl (C=O) groups excluding carboxylic acids is 1. The van der Waals surface area contributed by atoms with Crippen LogP contribution in [0.1, 0.15) is 72.5 Å². The molecule has 0 amide bonds. The molecular weight excluding hydrogens is 371 g/mol. The summed E-state index contributed by atoms with van der Waals surface area (Å²) in [6, 6.07) is 0.333. The third-order valence-corrected chi connectivity index (χ3v) is 4.61. The fourth-order valence-electron chi connectivity index (χ4n) is 3.09. The number of hydrogen-bond donors (Lipinski definition) is 1. The maximum atomic E-state index is 15.2. The Morgan fingerprint density at radius 2 is 2.07 bits per heavy atom. The lowest BCUT2D eigenvalue weighted by Crippen LogP contribution is -2.53. The van der Waals surface area contributed by atoms with Crippen LogP contribution in [0.3, 0.4) is 0 Å². The summed E-state index contributed by atoms with van der Waals surface area (Å²) in [7, 11) is 0. The molecule has 160 valence electrons. The lowest BCUT2D eigenvalue weighted by molar-refractivity contribution is -0.153. The second kappa shape index (κ2) is 8.61. The molecule has 1 aromatic heterocycles. The monoisotopic (exact) mass is 404 g/mol. The number of esters is 1. The molecular formula is C22H33FN4O2. The van der Waals surface area contributed by atoms with E-state index in [1.54, 1.807) is 37.8 Å². The van der Waals surface area contributed by atoms with Crippen molar-refractivity contribution in [2.75, 3.05) is 0 Å². The van der Waals surface area contributed by atoms with E-state index < -0.39 is 17.3 Å². The average molecular weight is 405 g/mol. The molecule has 7 heteroatoms. The predicted molar refractivity (Wildman–Crippen MR) is 112 cm³/mol. The molecule has 0 saturated heterocycles. The fraction of sp³-hybridized carbons (Fsp3) is 0.591. The van der Waals surface area contributed by atoms with Crippen molar-refractivity contribution in [3.63, 3.8) is 0 Å². The Balaban J connectivity index is 2.32. The molecule has 1 aliphatic carbocycles. The van der Waals surface area contributed by atoms with Crippen LogP contribution in [0, 0.1) is 5.41 Å². The molecule has 0 aromatic carbocycles. The van der Waals surface area contributed by atoms with E-state index >= 15 is 4.39 Å². The zero-order valence-corrected chi connectivity index (χ0v) is 18.3. The number of carbonyl (C=O) groups is 1. The molecule has 1 atom stereocenters. The zero-order chi connectivity index (χ0) is 22.0. The van der Waals surface area contributed by atoms with E-state index in [1.807, 2.05) is 20.8 Å². The third kappa shape index (κ3) is 5.85. The van der Waals surface area contributed by atoms with Crippen molar-refractivity contribution in [1.29, 1.82) is 0 Å². The quantitative estimate of drug-likeness (QED) is 0.509. The molecule has 1 aromatic rings. The Morgan fingerprint density at radius 3 is 2.55 bits per heavy atom. The summed E-state index contributed by atoms with van der Waals surface area (Å²) in [5, 5.41) is 8.67. The SMILES string of the molecule is C=C(/C(F)=C\C(=C/C)c1cnn(C2CC2)n1)C(N)(CC(C)(C)C)C(=O)OC(C)C. The Kier molecular flexibility index (Phi) is 6.83. The molecule has 1 unspecified atom stereocenters. The maximum absolute atomic E-state index is 15.2. The largest absolute Gasteiger partial charge is 0.461 e. The van der Waals surface area contributed by atoms with Gasteiger partial charge in [-0.05, 0) is 51.5 Å². The minimum Gasteiger partial charge on any atom is -0.461 e. The molecule has 2 rings (SSSR count). The van der Waals surface area contributed by atoms with Crippen LogP contribution in [0.5, 0.6) is 0 Å². The van der Waals surface area contributed by atoms with E-state index in [0.717, 1.165) is 12.8 Å². The highest BCUT2D eigenvalue weighted by molar-refractivity contribution is 5.86. The van der Waals surface area contributed by atoms with E-state index in [4.69, 9.17) is 10.5 Å². The van der Waals surface area contributed by atoms with E-state index in [0.29, 0.717) is 17.3 Å². The standard InChI is InChI=1S/C22H33FN4O2/c1-8-16(19-12-25-27(26-19)17-9-10-17)11-18(23)15(4)22(24,13-21(5,6)7)20(28)29-14(2)3/h8,11-12,14,17H,4,9-10,13,24H2,1-3,5-7H3/b16-8+,18-11+. The van der Waals surface area contributed by atoms with Gasteiger partial charge in [0.1, 0.15) is 17.1 Å². The van der Waals surface area contributed by atoms with Gasteiger partial charge in [-0.25, -0.2) is 9.18 Å². The Hall–Kier alpha value is -2.28. The molecule has 1 aliphatic rings. The van der Waals surface area contributed by atoms with Crippen molar-refractivity contribution in [2.24, 2.45) is 11.1 Å². The molecule has 6 nitrogen and oxygen atoms in total. The van der Waals surface area contributed by atoms with Crippen molar-refractivity contribution < 1.29 is 13.9 Å². The van der Waals surface area contributed by atoms with Gasteiger partial charge < -0.3 is 10.5 Å². The molecule has 0 aliphatic heterocycles. The molecule has 1 fully saturated rings. The van der Waals surface area contributed by atoms with E-state index in [-0.39, 0.29) is 23.5 Å². The summed E-state index contributed by atoms with van der Waals surface area (Å²) in [5.41, 5.74) is 5.41. The lowest BCUT2D eigenvalue weighted by atomic mass is 9.76. The van der Waals surface area contributed by atoms with Crippen LogP contribution < -0.4 is 5.73 Å². The van der Waals surface area contributed by atoms with Crippen molar-refractivity contribution in [1.82, 2.24) is 15.0 Å². The van der Waals surface area contributed by atoms with Gasteiger partial charge in [0.25, 0.3) is 0 Å². The minimum atomic E-state index is -1.67. The van der Waals surface area contributed by atoms with E-state index in [2.05, 4.69) is 16.8 Å². The number of nitrogens with two attached hydrogens (primary N) is 1. The van der Waals surface area contributed by atoms with Gasteiger partial charge in [-0.2, -0.15) is 15.0 Å². The van der Waals surface area contributed by atoms with Crippen LogP contribution in [0.4, 0.5) is 4.39 Å². The maximum Gasteiger partial charge on any atom is 0.331 e. The first kappa shape index (κ1) is 23.0. The number of allylic oxidation sites excluding steroid dienone is 3. The van der Waals surface area contributed by atoms with Gasteiger partial charge in [-0.3, -0.25) is 0 Å². The Labute approximate surface area is 172 Å². The minimum absolute atomic E-state index is 0.105. The number of nitrogens with zero attached hydrogens (tertiary/aromatic N) is 3. The molecule has 0 spiro atoms. The van der Waals surface area contributed by atoms with Crippen molar-refractivity contribution >= 4 is 11.5 Å². The van der Waals surface area contributed by atoms with Crippen LogP contribution in [-0.4, -0.2) is 32.6 Å². The van der Waals surface area contributed by atoms with Gasteiger partial charge >= 0.3 is 5.97 Å². The highest BCUT2D eigenvalue weighted by Crippen LogP contribution is 2.36. The molecule has 2 N–H and O–H groups in total. The molecule has 1 heterocycles. The average Bonchev–Trinajstić information content (AvgIpc) is 3.34. The summed E-state index contributed by atoms with van der Waals surface area (Å²) in [5.74, 6) is -1.36. The third-order valence-electron chi connectivity index (χ3n) is 4.61. The van der Waals surface area contributed by atoms with E-state index in [1.165, 1.54) is 6.08 Å². The van der Waals surface area contributed by atoms with Crippen molar-refractivity contribution in [3.05, 3.63) is 42.0 Å². The van der Waals surface area contributed by atoms with Crippen LogP contribution in [-0.2, 0) is 9.53 Å². The summed E-state index contributed by atoms with van der Waals surface area (Å²) >= 11 is 0. The predicted octanol–water partition coefficient (Wildman–Crippen LogP) is 4.51. The number of halogens is 1. The summed E-state index contributed by atoms with van der Waals surface area (Å²) in [4.78, 5) is 14.4. The van der Waals surface area contributed by atoms with Gasteiger partial charge in [-0.1, -0.05) is 33.4 Å². The summed E-state index contributed by atoms with van der Waals surface area (Å²) in [6.45, 7) is 14.9. The molecule has 1 saturated carbocycles. The van der Waals surface area contributed by atoms with Gasteiger partial charge in [-0.15, -0.1) is 0 Å². The second-order valence-electron chi connectivity index (χ2n) is 9.16. The Bertz CT molecular complexity index is 828.